The number of rotatable bonds is 4. The van der Waals surface area contributed by atoms with Gasteiger partial charge in [0.25, 0.3) is 5.78 Å². The molecule has 2 aromatic carbocycles. The van der Waals surface area contributed by atoms with E-state index in [1.165, 1.54) is 27.4 Å². The summed E-state index contributed by atoms with van der Waals surface area (Å²) in [5, 5.41) is 0. The number of halogens is 1. The number of aryl methyl sites for hydroxylation is 1. The van der Waals surface area contributed by atoms with Gasteiger partial charge in [0, 0.05) is 26.2 Å². The summed E-state index contributed by atoms with van der Waals surface area (Å²) in [5.74, 6) is -1.69. The molecule has 152 valence electrons. The number of carbonyl (C=O) groups is 2. The standard InChI is InChI=1S/C20H20FN3O4S/c1-14-5-6-18-17(11-14)19(25)20(26)24(18)13-22-7-9-23(10-8-22)29(27,28)16-4-2-3-15(21)12-16/h2-6,11-12H,7-10,13H2,1H3. The van der Waals surface area contributed by atoms with Crippen molar-refractivity contribution in [3.05, 3.63) is 59.4 Å². The highest BCUT2D eigenvalue weighted by atomic mass is 32.2. The van der Waals surface area contributed by atoms with E-state index in [-0.39, 0.29) is 24.7 Å². The Bertz CT molecular complexity index is 1090. The molecule has 0 unspecified atom stereocenters. The Balaban J connectivity index is 1.45. The minimum absolute atomic E-state index is 0.0736. The number of sulfonamides is 1. The van der Waals surface area contributed by atoms with Crippen molar-refractivity contribution in [2.45, 2.75) is 11.8 Å². The van der Waals surface area contributed by atoms with Gasteiger partial charge in [-0.1, -0.05) is 17.7 Å². The number of benzene rings is 2. The molecule has 4 rings (SSSR count). The first-order valence-corrected chi connectivity index (χ1v) is 10.7. The van der Waals surface area contributed by atoms with Crippen molar-refractivity contribution in [1.82, 2.24) is 9.21 Å². The number of nitrogens with zero attached hydrogens (tertiary/aromatic N) is 3. The normalized spacial score (nSPS) is 18.3. The topological polar surface area (TPSA) is 78.0 Å². The maximum atomic E-state index is 13.4. The van der Waals surface area contributed by atoms with Gasteiger partial charge in [-0.2, -0.15) is 4.31 Å². The predicted octanol–water partition coefficient (Wildman–Crippen LogP) is 1.63. The van der Waals surface area contributed by atoms with Crippen molar-refractivity contribution in [2.75, 3.05) is 37.7 Å². The molecule has 0 spiro atoms. The Morgan fingerprint density at radius 3 is 2.41 bits per heavy atom. The molecule has 1 amide bonds. The molecule has 0 bridgehead atoms. The van der Waals surface area contributed by atoms with Gasteiger partial charge in [0.15, 0.2) is 0 Å². The Labute approximate surface area is 168 Å². The van der Waals surface area contributed by atoms with Crippen LogP contribution in [0, 0.1) is 12.7 Å². The zero-order valence-electron chi connectivity index (χ0n) is 15.8. The summed E-state index contributed by atoms with van der Waals surface area (Å²) in [6.45, 7) is 3.31. The molecule has 2 aliphatic rings. The third kappa shape index (κ3) is 3.57. The van der Waals surface area contributed by atoms with E-state index in [0.29, 0.717) is 24.3 Å². The SMILES string of the molecule is Cc1ccc2c(c1)C(=O)C(=O)N2CN1CCN(S(=O)(=O)c2cccc(F)c2)CC1. The fourth-order valence-corrected chi connectivity index (χ4v) is 5.10. The lowest BCUT2D eigenvalue weighted by Gasteiger charge is -2.35. The van der Waals surface area contributed by atoms with Crippen molar-refractivity contribution < 1.29 is 22.4 Å². The van der Waals surface area contributed by atoms with Gasteiger partial charge < -0.3 is 0 Å². The maximum Gasteiger partial charge on any atom is 0.300 e. The second kappa shape index (κ2) is 7.33. The number of Topliss-reactive ketones (excluding diaryl/α,β-unsaturated/α-hetero) is 1. The lowest BCUT2D eigenvalue weighted by atomic mass is 10.1. The van der Waals surface area contributed by atoms with Crippen LogP contribution in [-0.2, 0) is 14.8 Å². The Morgan fingerprint density at radius 1 is 1.00 bits per heavy atom. The second-order valence-corrected chi connectivity index (χ2v) is 9.14. The predicted molar refractivity (Wildman–Crippen MR) is 105 cm³/mol. The van der Waals surface area contributed by atoms with Crippen LogP contribution in [0.5, 0.6) is 0 Å². The second-order valence-electron chi connectivity index (χ2n) is 7.20. The minimum atomic E-state index is -3.78. The van der Waals surface area contributed by atoms with E-state index < -0.39 is 27.5 Å². The van der Waals surface area contributed by atoms with Crippen molar-refractivity contribution in [1.29, 1.82) is 0 Å². The van der Waals surface area contributed by atoms with E-state index in [1.807, 2.05) is 17.9 Å². The third-order valence-corrected chi connectivity index (χ3v) is 7.13. The molecule has 0 N–H and O–H groups in total. The number of amides is 1. The fourth-order valence-electron chi connectivity index (χ4n) is 3.64. The van der Waals surface area contributed by atoms with Gasteiger partial charge in [0.2, 0.25) is 10.0 Å². The van der Waals surface area contributed by atoms with E-state index in [1.54, 1.807) is 12.1 Å². The van der Waals surface area contributed by atoms with Crippen LogP contribution in [-0.4, -0.2) is 62.2 Å². The van der Waals surface area contributed by atoms with Crippen molar-refractivity contribution in [3.8, 4) is 0 Å². The van der Waals surface area contributed by atoms with Gasteiger partial charge in [-0.3, -0.25) is 19.4 Å². The van der Waals surface area contributed by atoms with Crippen LogP contribution < -0.4 is 4.90 Å². The van der Waals surface area contributed by atoms with Crippen LogP contribution in [0.2, 0.25) is 0 Å². The molecular weight excluding hydrogens is 397 g/mol. The molecule has 9 heteroatoms. The van der Waals surface area contributed by atoms with E-state index in [2.05, 4.69) is 0 Å². The molecule has 1 fully saturated rings. The number of ketones is 1. The van der Waals surface area contributed by atoms with Gasteiger partial charge in [-0.25, -0.2) is 12.8 Å². The fraction of sp³-hybridized carbons (Fsp3) is 0.300. The Hall–Kier alpha value is -2.62. The molecule has 0 aliphatic carbocycles. The molecule has 29 heavy (non-hydrogen) atoms. The van der Waals surface area contributed by atoms with E-state index in [0.717, 1.165) is 11.6 Å². The monoisotopic (exact) mass is 417 g/mol. The third-order valence-electron chi connectivity index (χ3n) is 5.23. The summed E-state index contributed by atoms with van der Waals surface area (Å²) in [6, 6.07) is 10.3. The molecule has 0 radical (unpaired) electrons. The first-order valence-electron chi connectivity index (χ1n) is 9.22. The number of hydrogen-bond acceptors (Lipinski definition) is 5. The quantitative estimate of drug-likeness (QED) is 0.707. The first-order chi connectivity index (χ1) is 13.8. The summed E-state index contributed by atoms with van der Waals surface area (Å²) < 4.78 is 40.2. The van der Waals surface area contributed by atoms with Crippen molar-refractivity contribution in [2.24, 2.45) is 0 Å². The molecule has 0 saturated carbocycles. The van der Waals surface area contributed by atoms with Crippen LogP contribution in [0.3, 0.4) is 0 Å². The van der Waals surface area contributed by atoms with Gasteiger partial charge in [0.1, 0.15) is 5.82 Å². The molecule has 2 aliphatic heterocycles. The minimum Gasteiger partial charge on any atom is -0.291 e. The number of piperazine rings is 1. The molecule has 2 heterocycles. The van der Waals surface area contributed by atoms with Crippen molar-refractivity contribution >= 4 is 27.4 Å². The lowest BCUT2D eigenvalue weighted by Crippen LogP contribution is -2.52. The van der Waals surface area contributed by atoms with Crippen molar-refractivity contribution in [3.63, 3.8) is 0 Å². The van der Waals surface area contributed by atoms with Crippen LogP contribution in [0.1, 0.15) is 15.9 Å². The number of anilines is 1. The van der Waals surface area contributed by atoms with E-state index in [9.17, 15) is 22.4 Å². The number of hydrogen-bond donors (Lipinski definition) is 0. The molecule has 1 saturated heterocycles. The summed E-state index contributed by atoms with van der Waals surface area (Å²) in [5.41, 5.74) is 1.89. The Kier molecular flexibility index (Phi) is 4.97. The molecule has 0 aromatic heterocycles. The Morgan fingerprint density at radius 2 is 1.72 bits per heavy atom. The van der Waals surface area contributed by atoms with Crippen LogP contribution in [0.4, 0.5) is 10.1 Å². The summed E-state index contributed by atoms with van der Waals surface area (Å²) in [7, 11) is -3.78. The maximum absolute atomic E-state index is 13.4. The smallest absolute Gasteiger partial charge is 0.291 e. The zero-order chi connectivity index (χ0) is 20.8. The average molecular weight is 417 g/mol. The average Bonchev–Trinajstić information content (AvgIpc) is 2.93. The van der Waals surface area contributed by atoms with E-state index in [4.69, 9.17) is 0 Å². The summed E-state index contributed by atoms with van der Waals surface area (Å²) >= 11 is 0. The summed E-state index contributed by atoms with van der Waals surface area (Å²) in [4.78, 5) is 27.9. The lowest BCUT2D eigenvalue weighted by molar-refractivity contribution is -0.114. The molecule has 7 nitrogen and oxygen atoms in total. The summed E-state index contributed by atoms with van der Waals surface area (Å²) in [6.07, 6.45) is 0. The van der Waals surface area contributed by atoms with Gasteiger partial charge in [-0.05, 0) is 37.3 Å². The molecule has 0 atom stereocenters. The first kappa shape index (κ1) is 19.7. The highest BCUT2D eigenvalue weighted by Crippen LogP contribution is 2.30. The van der Waals surface area contributed by atoms with Gasteiger partial charge in [0.05, 0.1) is 22.8 Å². The highest BCUT2D eigenvalue weighted by molar-refractivity contribution is 7.89. The highest BCUT2D eigenvalue weighted by Gasteiger charge is 2.37. The molecule has 2 aromatic rings. The van der Waals surface area contributed by atoms with Crippen LogP contribution in [0.25, 0.3) is 0 Å². The molecular formula is C20H20FN3O4S. The largest absolute Gasteiger partial charge is 0.300 e. The van der Waals surface area contributed by atoms with E-state index >= 15 is 0 Å². The van der Waals surface area contributed by atoms with Gasteiger partial charge in [-0.15, -0.1) is 0 Å². The van der Waals surface area contributed by atoms with Gasteiger partial charge >= 0.3 is 5.91 Å². The van der Waals surface area contributed by atoms with Crippen LogP contribution in [0.15, 0.2) is 47.4 Å². The van der Waals surface area contributed by atoms with Crippen LogP contribution >= 0.6 is 0 Å². The zero-order valence-corrected chi connectivity index (χ0v) is 16.7. The number of fused-ring (bicyclic) bond motifs is 1. The number of carbonyl (C=O) groups excluding carboxylic acids is 2.